The molecule has 0 aliphatic heterocycles. The third-order valence-electron chi connectivity index (χ3n) is 0.753. The van der Waals surface area contributed by atoms with Crippen LogP contribution in [0.15, 0.2) is 4.99 Å². The van der Waals surface area contributed by atoms with Gasteiger partial charge in [0.1, 0.15) is 4.99 Å². The highest BCUT2D eigenvalue weighted by molar-refractivity contribution is 7.80. The monoisotopic (exact) mass is 159 g/mol. The van der Waals surface area contributed by atoms with Crippen LogP contribution in [0.4, 0.5) is 0 Å². The maximum Gasteiger partial charge on any atom is 0.114 e. The molecule has 0 aromatic heterocycles. The van der Waals surface area contributed by atoms with Gasteiger partial charge in [-0.2, -0.15) is 4.99 Å². The van der Waals surface area contributed by atoms with Crippen LogP contribution in [0.5, 0.6) is 0 Å². The summed E-state index contributed by atoms with van der Waals surface area (Å²) < 4.78 is 0. The predicted molar refractivity (Wildman–Crippen MR) is 47.1 cm³/mol. The molecule has 0 radical (unpaired) electrons. The normalized spacial score (nSPS) is 8.78. The van der Waals surface area contributed by atoms with Crippen molar-refractivity contribution < 1.29 is 0 Å². The zero-order valence-electron chi connectivity index (χ0n) is 5.55. The molecule has 0 bridgehead atoms. The minimum Gasteiger partial charge on any atom is -0.187 e. The lowest BCUT2D eigenvalue weighted by atomic mass is 10.1. The number of nitrogens with zero attached hydrogens (tertiary/aromatic N) is 1. The van der Waals surface area contributed by atoms with Crippen LogP contribution in [0.3, 0.4) is 0 Å². The van der Waals surface area contributed by atoms with Gasteiger partial charge in [0.2, 0.25) is 0 Å². The molecule has 0 aromatic carbocycles. The second kappa shape index (κ2) is 4.74. The fraction of sp³-hybridized carbons (Fsp3) is 0.667. The van der Waals surface area contributed by atoms with E-state index in [1.54, 1.807) is 0 Å². The van der Waals surface area contributed by atoms with Crippen LogP contribution in [0.2, 0.25) is 0 Å². The zero-order chi connectivity index (χ0) is 7.28. The van der Waals surface area contributed by atoms with Gasteiger partial charge < -0.3 is 0 Å². The van der Waals surface area contributed by atoms with Crippen molar-refractivity contribution in [3.05, 3.63) is 0 Å². The first-order valence-electron chi connectivity index (χ1n) is 2.77. The molecule has 0 aliphatic rings. The summed E-state index contributed by atoms with van der Waals surface area (Å²) in [5, 5.41) is 2.24. The minimum absolute atomic E-state index is 0.560. The number of hydrogen-bond donors (Lipinski definition) is 0. The van der Waals surface area contributed by atoms with Crippen molar-refractivity contribution in [2.45, 2.75) is 20.3 Å². The van der Waals surface area contributed by atoms with Crippen molar-refractivity contribution >= 4 is 34.6 Å². The second-order valence-corrected chi connectivity index (χ2v) is 2.85. The van der Waals surface area contributed by atoms with Crippen molar-refractivity contribution in [3.63, 3.8) is 0 Å². The van der Waals surface area contributed by atoms with Gasteiger partial charge in [-0.3, -0.25) is 0 Å². The Morgan fingerprint density at radius 1 is 1.67 bits per heavy atom. The highest BCUT2D eigenvalue weighted by Gasteiger charge is 1.96. The molecule has 0 saturated carbocycles. The topological polar surface area (TPSA) is 12.4 Å². The number of thiocarbonyl (C=S) groups is 2. The van der Waals surface area contributed by atoms with E-state index in [1.807, 2.05) is 0 Å². The lowest BCUT2D eigenvalue weighted by Gasteiger charge is -1.98. The van der Waals surface area contributed by atoms with E-state index in [0.29, 0.717) is 10.9 Å². The second-order valence-electron chi connectivity index (χ2n) is 2.19. The van der Waals surface area contributed by atoms with Gasteiger partial charge in [-0.1, -0.05) is 26.1 Å². The van der Waals surface area contributed by atoms with Crippen molar-refractivity contribution in [3.8, 4) is 0 Å². The quantitative estimate of drug-likeness (QED) is 0.453. The summed E-state index contributed by atoms with van der Waals surface area (Å²) in [7, 11) is 0. The lowest BCUT2D eigenvalue weighted by Crippen LogP contribution is -1.95. The fourth-order valence-corrected chi connectivity index (χ4v) is 0.993. The standard InChI is InChI=1S/C6H9NS2/c1-5(2)3-6(9)7-4-8/h5H,3H2,1-2H3. The summed E-state index contributed by atoms with van der Waals surface area (Å²) in [6.45, 7) is 4.18. The van der Waals surface area contributed by atoms with E-state index in [4.69, 9.17) is 12.2 Å². The molecule has 0 saturated heterocycles. The Kier molecular flexibility index (Phi) is 4.68. The van der Waals surface area contributed by atoms with Gasteiger partial charge in [0.05, 0.1) is 5.16 Å². The van der Waals surface area contributed by atoms with Gasteiger partial charge in [-0.25, -0.2) is 0 Å². The number of hydrogen-bond acceptors (Lipinski definition) is 2. The maximum absolute atomic E-state index is 4.83. The van der Waals surface area contributed by atoms with E-state index in [2.05, 4.69) is 36.2 Å². The number of rotatable bonds is 2. The fourth-order valence-electron chi connectivity index (χ4n) is 0.446. The first-order chi connectivity index (χ1) is 4.16. The van der Waals surface area contributed by atoms with Crippen molar-refractivity contribution in [1.82, 2.24) is 0 Å². The molecule has 9 heavy (non-hydrogen) atoms. The highest BCUT2D eigenvalue weighted by Crippen LogP contribution is 2.01. The summed E-state index contributed by atoms with van der Waals surface area (Å²) in [6, 6.07) is 0. The minimum atomic E-state index is 0.560. The van der Waals surface area contributed by atoms with Gasteiger partial charge in [0, 0.05) is 6.42 Å². The average Bonchev–Trinajstić information content (AvgIpc) is 1.63. The molecule has 0 spiro atoms. The first-order valence-corrected chi connectivity index (χ1v) is 3.59. The van der Waals surface area contributed by atoms with Crippen LogP contribution in [0.1, 0.15) is 20.3 Å². The lowest BCUT2D eigenvalue weighted by molar-refractivity contribution is 0.686. The summed E-state index contributed by atoms with van der Waals surface area (Å²) in [6.07, 6.45) is 0.832. The predicted octanol–water partition coefficient (Wildman–Crippen LogP) is 2.46. The van der Waals surface area contributed by atoms with E-state index in [1.165, 1.54) is 0 Å². The highest BCUT2D eigenvalue weighted by atomic mass is 32.1. The van der Waals surface area contributed by atoms with Gasteiger partial charge in [0.25, 0.3) is 0 Å². The van der Waals surface area contributed by atoms with Crippen molar-refractivity contribution in [2.24, 2.45) is 10.9 Å². The molecule has 0 aliphatic carbocycles. The molecular weight excluding hydrogens is 150 g/mol. The molecule has 0 amide bonds. The molecule has 0 unspecified atom stereocenters. The van der Waals surface area contributed by atoms with E-state index >= 15 is 0 Å². The van der Waals surface area contributed by atoms with E-state index in [-0.39, 0.29) is 0 Å². The number of isothiocyanates is 1. The van der Waals surface area contributed by atoms with Crippen molar-refractivity contribution in [1.29, 1.82) is 0 Å². The molecule has 0 heterocycles. The van der Waals surface area contributed by atoms with Crippen LogP contribution in [0, 0.1) is 5.92 Å². The molecule has 0 aromatic rings. The van der Waals surface area contributed by atoms with Crippen LogP contribution in [-0.2, 0) is 0 Å². The van der Waals surface area contributed by atoms with Crippen molar-refractivity contribution in [2.75, 3.05) is 0 Å². The summed E-state index contributed by atoms with van der Waals surface area (Å²) in [4.78, 5) is 4.31. The molecule has 3 heteroatoms. The third-order valence-corrected chi connectivity index (χ3v) is 1.10. The molecule has 0 atom stereocenters. The van der Waals surface area contributed by atoms with E-state index in [9.17, 15) is 0 Å². The Hall–Kier alpha value is -0.110. The SMILES string of the molecule is CC(C)CC(=S)N=C=S. The Labute approximate surface area is 66.2 Å². The molecular formula is C6H9NS2. The smallest absolute Gasteiger partial charge is 0.114 e. The maximum atomic E-state index is 4.83. The van der Waals surface area contributed by atoms with E-state index < -0.39 is 0 Å². The van der Waals surface area contributed by atoms with Gasteiger partial charge in [0.15, 0.2) is 0 Å². The molecule has 1 nitrogen and oxygen atoms in total. The Morgan fingerprint density at radius 3 is 2.56 bits per heavy atom. The summed E-state index contributed by atoms with van der Waals surface area (Å²) in [5.41, 5.74) is 0. The largest absolute Gasteiger partial charge is 0.187 e. The molecule has 0 rings (SSSR count). The Morgan fingerprint density at radius 2 is 2.22 bits per heavy atom. The van der Waals surface area contributed by atoms with E-state index in [0.717, 1.165) is 6.42 Å². The summed E-state index contributed by atoms with van der Waals surface area (Å²) >= 11 is 9.21. The first kappa shape index (κ1) is 8.89. The van der Waals surface area contributed by atoms with Gasteiger partial charge in [-0.15, -0.1) is 0 Å². The van der Waals surface area contributed by atoms with Gasteiger partial charge in [-0.05, 0) is 18.1 Å². The average molecular weight is 159 g/mol. The number of aliphatic imine (C=N–C) groups is 1. The Bertz CT molecular complexity index is 145. The summed E-state index contributed by atoms with van der Waals surface area (Å²) in [5.74, 6) is 0.560. The van der Waals surface area contributed by atoms with Crippen LogP contribution in [-0.4, -0.2) is 10.1 Å². The third kappa shape index (κ3) is 5.77. The molecule has 0 N–H and O–H groups in total. The molecule has 50 valence electrons. The molecule has 0 fully saturated rings. The zero-order valence-corrected chi connectivity index (χ0v) is 7.18. The van der Waals surface area contributed by atoms with Crippen LogP contribution in [0.25, 0.3) is 0 Å². The van der Waals surface area contributed by atoms with Crippen LogP contribution >= 0.6 is 24.4 Å². The Balaban J connectivity index is 3.64. The van der Waals surface area contributed by atoms with Crippen LogP contribution < -0.4 is 0 Å². The van der Waals surface area contributed by atoms with Gasteiger partial charge >= 0.3 is 0 Å².